The molecular formula is C36H47F2N3O4. The molecule has 1 aliphatic carbocycles. The van der Waals surface area contributed by atoms with E-state index in [0.29, 0.717) is 44.5 Å². The molecule has 9 heteroatoms. The number of aryl methyl sites for hydroxylation is 2. The van der Waals surface area contributed by atoms with E-state index in [0.717, 1.165) is 27.8 Å². The predicted octanol–water partition coefficient (Wildman–Crippen LogP) is 5.88. The van der Waals surface area contributed by atoms with Gasteiger partial charge in [0.25, 0.3) is 5.56 Å². The topological polar surface area (TPSA) is 80.6 Å². The van der Waals surface area contributed by atoms with Crippen LogP contribution in [-0.2, 0) is 20.7 Å². The summed E-state index contributed by atoms with van der Waals surface area (Å²) < 4.78 is 35.2. The standard InChI is InChI=1S/C36H47F2N3O4/c1-7-45-33(42)19-31(29-18-27(16-25(29)6)34-23(4)9-8-10-24(34)5)39-35(43)32(15-22(2)3)41-20-26(17-30(38)36(41)44)11-13-40-14-12-28(37)21-40/h8-10,16-18,20,22,28-29,31-32H,7,11-15,19,21H2,1-6H3,(H,39,43)/t28-,29?,31+,32?/m1/s1. The number of ether oxygens (including phenoxy) is 1. The van der Waals surface area contributed by atoms with Gasteiger partial charge in [-0.1, -0.05) is 49.8 Å². The molecule has 1 saturated heterocycles. The zero-order valence-corrected chi connectivity index (χ0v) is 27.4. The maximum absolute atomic E-state index is 15.0. The number of benzene rings is 1. The van der Waals surface area contributed by atoms with Crippen molar-refractivity contribution < 1.29 is 23.1 Å². The van der Waals surface area contributed by atoms with E-state index < -0.39 is 41.5 Å². The minimum atomic E-state index is -0.994. The number of aromatic nitrogens is 1. The summed E-state index contributed by atoms with van der Waals surface area (Å²) in [6.07, 6.45) is 6.00. The maximum atomic E-state index is 15.0. The number of nitrogens with zero attached hydrogens (tertiary/aromatic N) is 2. The smallest absolute Gasteiger partial charge is 0.307 e. The van der Waals surface area contributed by atoms with Gasteiger partial charge < -0.3 is 19.5 Å². The number of allylic oxidation sites excluding steroid dienone is 2. The first-order chi connectivity index (χ1) is 21.4. The van der Waals surface area contributed by atoms with E-state index >= 15 is 4.39 Å². The fourth-order valence-corrected chi connectivity index (χ4v) is 6.58. The number of pyridine rings is 1. The SMILES string of the molecule is CCOC(=O)C[C@H](NC(=O)C(CC(C)C)n1cc(CCN2CC[C@@H](F)C2)cc(F)c1=O)C1C=C(c2c(C)cccc2C)C=C1C. The van der Waals surface area contributed by atoms with Crippen LogP contribution < -0.4 is 10.9 Å². The van der Waals surface area contributed by atoms with Crippen molar-refractivity contribution in [1.29, 1.82) is 0 Å². The van der Waals surface area contributed by atoms with Crippen LogP contribution in [0, 0.1) is 31.5 Å². The Balaban J connectivity index is 1.64. The Morgan fingerprint density at radius 3 is 2.49 bits per heavy atom. The molecule has 0 spiro atoms. The number of nitrogens with one attached hydrogen (secondary N) is 1. The van der Waals surface area contributed by atoms with E-state index in [4.69, 9.17) is 4.74 Å². The molecule has 1 fully saturated rings. The number of likely N-dealkylation sites (tertiary alicyclic amines) is 1. The van der Waals surface area contributed by atoms with E-state index in [1.54, 1.807) is 13.1 Å². The van der Waals surface area contributed by atoms with Gasteiger partial charge in [-0.3, -0.25) is 14.4 Å². The highest BCUT2D eigenvalue weighted by Crippen LogP contribution is 2.36. The lowest BCUT2D eigenvalue weighted by atomic mass is 9.91. The number of halogens is 2. The molecular weight excluding hydrogens is 576 g/mol. The van der Waals surface area contributed by atoms with Crippen molar-refractivity contribution in [2.45, 2.75) is 85.5 Å². The summed E-state index contributed by atoms with van der Waals surface area (Å²) in [7, 11) is 0. The van der Waals surface area contributed by atoms with Crippen molar-refractivity contribution in [3.63, 3.8) is 0 Å². The Hall–Kier alpha value is -3.59. The number of hydrogen-bond acceptors (Lipinski definition) is 5. The molecule has 0 radical (unpaired) electrons. The summed E-state index contributed by atoms with van der Waals surface area (Å²) in [5.41, 5.74) is 5.08. The van der Waals surface area contributed by atoms with Crippen LogP contribution in [0.5, 0.6) is 0 Å². The second kappa shape index (κ2) is 15.1. The Kier molecular flexibility index (Phi) is 11.5. The molecule has 2 aliphatic rings. The van der Waals surface area contributed by atoms with Gasteiger partial charge in [-0.25, -0.2) is 8.78 Å². The second-order valence-corrected chi connectivity index (χ2v) is 12.9. The number of esters is 1. The monoisotopic (exact) mass is 623 g/mol. The summed E-state index contributed by atoms with van der Waals surface area (Å²) in [5.74, 6) is -2.10. The molecule has 244 valence electrons. The van der Waals surface area contributed by atoms with Crippen LogP contribution in [0.1, 0.15) is 75.3 Å². The van der Waals surface area contributed by atoms with Crippen LogP contribution in [0.3, 0.4) is 0 Å². The number of alkyl halides is 1. The highest BCUT2D eigenvalue weighted by Gasteiger charge is 2.33. The molecule has 1 N–H and O–H groups in total. The fraction of sp³-hybridized carbons (Fsp3) is 0.528. The molecule has 0 saturated carbocycles. The van der Waals surface area contributed by atoms with Crippen LogP contribution in [0.15, 0.2) is 53.0 Å². The molecule has 1 aromatic heterocycles. The minimum Gasteiger partial charge on any atom is -0.466 e. The van der Waals surface area contributed by atoms with Crippen molar-refractivity contribution in [3.05, 3.63) is 86.6 Å². The Bertz CT molecular complexity index is 1490. The molecule has 4 rings (SSSR count). The number of carbonyl (C=O) groups is 2. The first-order valence-corrected chi connectivity index (χ1v) is 16.1. The third kappa shape index (κ3) is 8.57. The second-order valence-electron chi connectivity index (χ2n) is 12.9. The summed E-state index contributed by atoms with van der Waals surface area (Å²) in [4.78, 5) is 42.0. The van der Waals surface area contributed by atoms with Crippen molar-refractivity contribution in [1.82, 2.24) is 14.8 Å². The molecule has 2 heterocycles. The normalized spacial score (nSPS) is 19.8. The number of rotatable bonds is 13. The van der Waals surface area contributed by atoms with E-state index in [-0.39, 0.29) is 24.9 Å². The lowest BCUT2D eigenvalue weighted by molar-refractivity contribution is -0.144. The van der Waals surface area contributed by atoms with Gasteiger partial charge in [0, 0.05) is 37.8 Å². The number of amides is 1. The third-order valence-electron chi connectivity index (χ3n) is 8.81. The molecule has 0 bridgehead atoms. The average molecular weight is 624 g/mol. The Morgan fingerprint density at radius 2 is 1.87 bits per heavy atom. The summed E-state index contributed by atoms with van der Waals surface area (Å²) >= 11 is 0. The number of carbonyl (C=O) groups excluding carboxylic acids is 2. The number of hydrogen-bond donors (Lipinski definition) is 1. The lowest BCUT2D eigenvalue weighted by Gasteiger charge is -2.28. The summed E-state index contributed by atoms with van der Waals surface area (Å²) in [6.45, 7) is 13.4. The van der Waals surface area contributed by atoms with E-state index in [9.17, 15) is 18.8 Å². The molecule has 1 amide bonds. The largest absolute Gasteiger partial charge is 0.466 e. The molecule has 2 unspecified atom stereocenters. The molecule has 2 aromatic rings. The van der Waals surface area contributed by atoms with Crippen molar-refractivity contribution >= 4 is 17.4 Å². The highest BCUT2D eigenvalue weighted by atomic mass is 19.1. The van der Waals surface area contributed by atoms with Crippen LogP contribution >= 0.6 is 0 Å². The van der Waals surface area contributed by atoms with Gasteiger partial charge in [0.2, 0.25) is 5.91 Å². The van der Waals surface area contributed by atoms with Gasteiger partial charge >= 0.3 is 5.97 Å². The van der Waals surface area contributed by atoms with Crippen molar-refractivity contribution in [3.8, 4) is 0 Å². The Morgan fingerprint density at radius 1 is 1.16 bits per heavy atom. The van der Waals surface area contributed by atoms with Crippen LogP contribution in [0.2, 0.25) is 0 Å². The lowest BCUT2D eigenvalue weighted by Crippen LogP contribution is -2.46. The first-order valence-electron chi connectivity index (χ1n) is 16.1. The van der Waals surface area contributed by atoms with Gasteiger partial charge in [0.1, 0.15) is 12.2 Å². The summed E-state index contributed by atoms with van der Waals surface area (Å²) in [6, 6.07) is 5.71. The van der Waals surface area contributed by atoms with Gasteiger partial charge in [0.15, 0.2) is 5.82 Å². The first kappa shape index (κ1) is 34.3. The van der Waals surface area contributed by atoms with Gasteiger partial charge in [-0.05, 0) is 86.8 Å². The molecule has 1 aromatic carbocycles. The average Bonchev–Trinajstić information content (AvgIpc) is 3.56. The fourth-order valence-electron chi connectivity index (χ4n) is 6.58. The molecule has 7 nitrogen and oxygen atoms in total. The third-order valence-corrected chi connectivity index (χ3v) is 8.81. The molecule has 45 heavy (non-hydrogen) atoms. The van der Waals surface area contributed by atoms with Crippen molar-refractivity contribution in [2.24, 2.45) is 11.8 Å². The highest BCUT2D eigenvalue weighted by molar-refractivity contribution is 5.84. The minimum absolute atomic E-state index is 0.0117. The van der Waals surface area contributed by atoms with Crippen LogP contribution in [-0.4, -0.2) is 59.8 Å². The van der Waals surface area contributed by atoms with Gasteiger partial charge in [-0.15, -0.1) is 0 Å². The molecule has 4 atom stereocenters. The summed E-state index contributed by atoms with van der Waals surface area (Å²) in [5, 5.41) is 3.07. The maximum Gasteiger partial charge on any atom is 0.307 e. The zero-order chi connectivity index (χ0) is 32.8. The van der Waals surface area contributed by atoms with Gasteiger partial charge in [-0.2, -0.15) is 0 Å². The Labute approximate surface area is 265 Å². The quantitative estimate of drug-likeness (QED) is 0.282. The van der Waals surface area contributed by atoms with E-state index in [2.05, 4.69) is 43.4 Å². The van der Waals surface area contributed by atoms with Crippen molar-refractivity contribution in [2.75, 3.05) is 26.2 Å². The van der Waals surface area contributed by atoms with Crippen LogP contribution in [0.4, 0.5) is 8.78 Å². The van der Waals surface area contributed by atoms with Gasteiger partial charge in [0.05, 0.1) is 13.0 Å². The zero-order valence-electron chi connectivity index (χ0n) is 27.4. The van der Waals surface area contributed by atoms with Crippen LogP contribution in [0.25, 0.3) is 5.57 Å². The predicted molar refractivity (Wildman–Crippen MR) is 173 cm³/mol. The van der Waals surface area contributed by atoms with E-state index in [1.807, 2.05) is 31.7 Å². The van der Waals surface area contributed by atoms with E-state index in [1.165, 1.54) is 10.6 Å². The molecule has 1 aliphatic heterocycles.